The van der Waals surface area contributed by atoms with Gasteiger partial charge in [-0.1, -0.05) is 12.1 Å². The number of nitrogens with zero attached hydrogens (tertiary/aromatic N) is 1. The fourth-order valence-electron chi connectivity index (χ4n) is 2.89. The van der Waals surface area contributed by atoms with E-state index in [0.717, 1.165) is 31.5 Å². The molecule has 2 unspecified atom stereocenters. The first-order chi connectivity index (χ1) is 10.6. The van der Waals surface area contributed by atoms with Crippen LogP contribution in [-0.4, -0.2) is 49.6 Å². The molecular weight excluding hydrogens is 317 g/mol. The molecule has 0 aromatic heterocycles. The van der Waals surface area contributed by atoms with Gasteiger partial charge in [0.1, 0.15) is 5.82 Å². The van der Waals surface area contributed by atoms with Gasteiger partial charge in [0, 0.05) is 19.1 Å². The molecule has 6 heteroatoms. The minimum Gasteiger partial charge on any atom is -0.354 e. The van der Waals surface area contributed by atoms with E-state index in [9.17, 15) is 9.18 Å². The molecule has 2 N–H and O–H groups in total. The molecule has 0 aliphatic carbocycles. The smallest absolute Gasteiger partial charge is 0.237 e. The van der Waals surface area contributed by atoms with Crippen LogP contribution in [0.25, 0.3) is 0 Å². The van der Waals surface area contributed by atoms with Crippen molar-refractivity contribution in [2.24, 2.45) is 0 Å². The molecular formula is C17H27ClFN3O. The Hall–Kier alpha value is -1.17. The average Bonchev–Trinajstić information content (AvgIpc) is 2.56. The SMILES string of the molecule is CNC1CCCN(C(C)C(=O)NCCc2ccc(F)cc2)C1.Cl. The quantitative estimate of drug-likeness (QED) is 0.830. The zero-order chi connectivity index (χ0) is 15.9. The summed E-state index contributed by atoms with van der Waals surface area (Å²) in [5.74, 6) is -0.163. The Morgan fingerprint density at radius 2 is 2.09 bits per heavy atom. The summed E-state index contributed by atoms with van der Waals surface area (Å²) in [4.78, 5) is 14.5. The summed E-state index contributed by atoms with van der Waals surface area (Å²) >= 11 is 0. The summed E-state index contributed by atoms with van der Waals surface area (Å²) in [5, 5.41) is 6.27. The maximum absolute atomic E-state index is 12.8. The highest BCUT2D eigenvalue weighted by atomic mass is 35.5. The molecule has 0 bridgehead atoms. The van der Waals surface area contributed by atoms with Gasteiger partial charge in [-0.05, 0) is 57.5 Å². The molecule has 2 atom stereocenters. The molecule has 1 heterocycles. The third-order valence-electron chi connectivity index (χ3n) is 4.41. The van der Waals surface area contributed by atoms with Gasteiger partial charge < -0.3 is 10.6 Å². The molecule has 0 radical (unpaired) electrons. The molecule has 1 fully saturated rings. The van der Waals surface area contributed by atoms with Crippen molar-refractivity contribution in [3.05, 3.63) is 35.6 Å². The lowest BCUT2D eigenvalue weighted by atomic mass is 10.0. The van der Waals surface area contributed by atoms with Gasteiger partial charge in [-0.25, -0.2) is 4.39 Å². The monoisotopic (exact) mass is 343 g/mol. The Balaban J connectivity index is 0.00000264. The van der Waals surface area contributed by atoms with Gasteiger partial charge in [0.05, 0.1) is 6.04 Å². The molecule has 130 valence electrons. The molecule has 1 aliphatic rings. The highest BCUT2D eigenvalue weighted by Gasteiger charge is 2.26. The van der Waals surface area contributed by atoms with Crippen LogP contribution >= 0.6 is 12.4 Å². The molecule has 0 saturated carbocycles. The second kappa shape index (κ2) is 9.85. The Kier molecular flexibility index (Phi) is 8.52. The Morgan fingerprint density at radius 1 is 1.39 bits per heavy atom. The maximum Gasteiger partial charge on any atom is 0.237 e. The Morgan fingerprint density at radius 3 is 2.74 bits per heavy atom. The number of carbonyl (C=O) groups is 1. The van der Waals surface area contributed by atoms with E-state index in [1.807, 2.05) is 14.0 Å². The van der Waals surface area contributed by atoms with Crippen molar-refractivity contribution in [1.29, 1.82) is 0 Å². The summed E-state index contributed by atoms with van der Waals surface area (Å²) in [6.07, 6.45) is 3.02. The van der Waals surface area contributed by atoms with Crippen molar-refractivity contribution < 1.29 is 9.18 Å². The number of hydrogen-bond acceptors (Lipinski definition) is 3. The third-order valence-corrected chi connectivity index (χ3v) is 4.41. The van der Waals surface area contributed by atoms with E-state index < -0.39 is 0 Å². The number of piperidine rings is 1. The second-order valence-corrected chi connectivity index (χ2v) is 5.97. The highest BCUT2D eigenvalue weighted by molar-refractivity contribution is 5.85. The third kappa shape index (κ3) is 6.09. The van der Waals surface area contributed by atoms with E-state index in [2.05, 4.69) is 15.5 Å². The maximum atomic E-state index is 12.8. The lowest BCUT2D eigenvalue weighted by molar-refractivity contribution is -0.126. The number of likely N-dealkylation sites (tertiary alicyclic amines) is 1. The molecule has 1 saturated heterocycles. The average molecular weight is 344 g/mol. The first kappa shape index (κ1) is 19.9. The molecule has 2 rings (SSSR count). The van der Waals surface area contributed by atoms with Crippen molar-refractivity contribution in [1.82, 2.24) is 15.5 Å². The van der Waals surface area contributed by atoms with E-state index in [4.69, 9.17) is 0 Å². The van der Waals surface area contributed by atoms with E-state index in [0.29, 0.717) is 12.6 Å². The molecule has 23 heavy (non-hydrogen) atoms. The Labute approximate surface area is 144 Å². The van der Waals surface area contributed by atoms with Crippen LogP contribution in [0.2, 0.25) is 0 Å². The zero-order valence-electron chi connectivity index (χ0n) is 13.8. The predicted molar refractivity (Wildman–Crippen MR) is 93.5 cm³/mol. The summed E-state index contributed by atoms with van der Waals surface area (Å²) in [5.41, 5.74) is 1.03. The zero-order valence-corrected chi connectivity index (χ0v) is 14.7. The molecule has 4 nitrogen and oxygen atoms in total. The van der Waals surface area contributed by atoms with Gasteiger partial charge in [-0.2, -0.15) is 0 Å². The lowest BCUT2D eigenvalue weighted by Gasteiger charge is -2.35. The normalized spacial score (nSPS) is 19.7. The largest absolute Gasteiger partial charge is 0.354 e. The van der Waals surface area contributed by atoms with Crippen LogP contribution in [0.4, 0.5) is 4.39 Å². The van der Waals surface area contributed by atoms with Crippen LogP contribution in [0, 0.1) is 5.82 Å². The van der Waals surface area contributed by atoms with Gasteiger partial charge in [0.2, 0.25) is 5.91 Å². The van der Waals surface area contributed by atoms with Crippen molar-refractivity contribution in [2.45, 2.75) is 38.3 Å². The fourth-order valence-corrected chi connectivity index (χ4v) is 2.89. The van der Waals surface area contributed by atoms with Crippen LogP contribution in [0.5, 0.6) is 0 Å². The number of likely N-dealkylation sites (N-methyl/N-ethyl adjacent to an activating group) is 1. The molecule has 1 aliphatic heterocycles. The molecule has 1 aromatic carbocycles. The van der Waals surface area contributed by atoms with Gasteiger partial charge in [0.15, 0.2) is 0 Å². The predicted octanol–water partition coefficient (Wildman–Crippen LogP) is 1.98. The van der Waals surface area contributed by atoms with Crippen LogP contribution in [0.3, 0.4) is 0 Å². The number of carbonyl (C=O) groups excluding carboxylic acids is 1. The summed E-state index contributed by atoms with van der Waals surface area (Å²) in [6, 6.07) is 6.78. The van der Waals surface area contributed by atoms with Crippen LogP contribution < -0.4 is 10.6 Å². The van der Waals surface area contributed by atoms with E-state index in [1.165, 1.54) is 18.6 Å². The molecule has 1 aromatic rings. The fraction of sp³-hybridized carbons (Fsp3) is 0.588. The van der Waals surface area contributed by atoms with Crippen molar-refractivity contribution in [3.8, 4) is 0 Å². The standard InChI is InChI=1S/C17H26FN3O.ClH/c1-13(21-11-3-4-16(12-21)19-2)17(22)20-10-9-14-5-7-15(18)8-6-14;/h5-8,13,16,19H,3-4,9-12H2,1-2H3,(H,20,22);1H. The van der Waals surface area contributed by atoms with Crippen molar-refractivity contribution >= 4 is 18.3 Å². The molecule has 0 spiro atoms. The first-order valence-electron chi connectivity index (χ1n) is 8.03. The topological polar surface area (TPSA) is 44.4 Å². The summed E-state index contributed by atoms with van der Waals surface area (Å²) in [6.45, 7) is 4.44. The van der Waals surface area contributed by atoms with Crippen LogP contribution in [0.15, 0.2) is 24.3 Å². The minimum absolute atomic E-state index is 0. The van der Waals surface area contributed by atoms with Crippen LogP contribution in [0.1, 0.15) is 25.3 Å². The molecule has 1 amide bonds. The number of amides is 1. The highest BCUT2D eigenvalue weighted by Crippen LogP contribution is 2.13. The number of hydrogen-bond donors (Lipinski definition) is 2. The van der Waals surface area contributed by atoms with Crippen LogP contribution in [-0.2, 0) is 11.2 Å². The van der Waals surface area contributed by atoms with E-state index >= 15 is 0 Å². The van der Waals surface area contributed by atoms with Gasteiger partial charge in [0.25, 0.3) is 0 Å². The Bertz CT molecular complexity index is 483. The second-order valence-electron chi connectivity index (χ2n) is 5.97. The number of benzene rings is 1. The first-order valence-corrected chi connectivity index (χ1v) is 8.03. The number of nitrogens with one attached hydrogen (secondary N) is 2. The van der Waals surface area contributed by atoms with Crippen molar-refractivity contribution in [2.75, 3.05) is 26.7 Å². The minimum atomic E-state index is -0.231. The van der Waals surface area contributed by atoms with E-state index in [1.54, 1.807) is 12.1 Å². The summed E-state index contributed by atoms with van der Waals surface area (Å²) < 4.78 is 12.8. The van der Waals surface area contributed by atoms with Gasteiger partial charge >= 0.3 is 0 Å². The van der Waals surface area contributed by atoms with Gasteiger partial charge in [-0.15, -0.1) is 12.4 Å². The van der Waals surface area contributed by atoms with Crippen molar-refractivity contribution in [3.63, 3.8) is 0 Å². The van der Waals surface area contributed by atoms with E-state index in [-0.39, 0.29) is 30.2 Å². The van der Waals surface area contributed by atoms with Gasteiger partial charge in [-0.3, -0.25) is 9.69 Å². The number of rotatable bonds is 6. The lowest BCUT2D eigenvalue weighted by Crippen LogP contribution is -2.52. The summed E-state index contributed by atoms with van der Waals surface area (Å²) in [7, 11) is 1.97. The number of halogens is 2.